The van der Waals surface area contributed by atoms with Crippen molar-refractivity contribution in [1.82, 2.24) is 9.97 Å². The molecule has 1 fully saturated rings. The van der Waals surface area contributed by atoms with Crippen molar-refractivity contribution in [2.45, 2.75) is 19.8 Å². The lowest BCUT2D eigenvalue weighted by Gasteiger charge is -2.21. The molecule has 0 radical (unpaired) electrons. The molecule has 14 heavy (non-hydrogen) atoms. The number of rotatable bonds is 4. The molecule has 0 bridgehead atoms. The van der Waals surface area contributed by atoms with Crippen LogP contribution in [0, 0.1) is 11.9 Å². The minimum atomic E-state index is -0.454. The Balaban J connectivity index is 2.08. The zero-order valence-corrected chi connectivity index (χ0v) is 8.28. The van der Waals surface area contributed by atoms with Crippen LogP contribution in [0.25, 0.3) is 0 Å². The van der Waals surface area contributed by atoms with Gasteiger partial charge in [0.25, 0.3) is 0 Å². The minimum absolute atomic E-state index is 0.454. The zero-order valence-electron chi connectivity index (χ0n) is 8.28. The van der Waals surface area contributed by atoms with Gasteiger partial charge in [-0.25, -0.2) is 9.97 Å². The average Bonchev–Trinajstić information content (AvgIpc) is 2.98. The van der Waals surface area contributed by atoms with Crippen molar-refractivity contribution in [2.24, 2.45) is 5.92 Å². The largest absolute Gasteiger partial charge is 0.356 e. The summed E-state index contributed by atoms with van der Waals surface area (Å²) in [5, 5.41) is 0. The van der Waals surface area contributed by atoms with Gasteiger partial charge < -0.3 is 4.90 Å². The maximum absolute atomic E-state index is 12.8. The lowest BCUT2D eigenvalue weighted by Crippen LogP contribution is -2.26. The predicted octanol–water partition coefficient (Wildman–Crippen LogP) is 1.85. The molecule has 0 atom stereocenters. The maximum atomic E-state index is 12.8. The van der Waals surface area contributed by atoms with Crippen molar-refractivity contribution in [3.05, 3.63) is 18.3 Å². The monoisotopic (exact) mass is 195 g/mol. The molecule has 1 heterocycles. The van der Waals surface area contributed by atoms with E-state index in [-0.39, 0.29) is 0 Å². The molecule has 4 heteroatoms. The summed E-state index contributed by atoms with van der Waals surface area (Å²) in [6.07, 6.45) is 3.87. The molecule has 0 unspecified atom stereocenters. The van der Waals surface area contributed by atoms with Gasteiger partial charge in [-0.1, -0.05) is 0 Å². The highest BCUT2D eigenvalue weighted by molar-refractivity contribution is 5.36. The van der Waals surface area contributed by atoms with Gasteiger partial charge in [-0.05, 0) is 25.7 Å². The molecule has 1 saturated carbocycles. The molecule has 3 nitrogen and oxygen atoms in total. The van der Waals surface area contributed by atoms with E-state index in [2.05, 4.69) is 21.8 Å². The molecule has 0 saturated heterocycles. The molecule has 1 aliphatic carbocycles. The lowest BCUT2D eigenvalue weighted by molar-refractivity contribution is 0.577. The normalized spacial score (nSPS) is 15.6. The van der Waals surface area contributed by atoms with E-state index in [1.165, 1.54) is 25.2 Å². The quantitative estimate of drug-likeness (QED) is 0.686. The SMILES string of the molecule is CCN(CC1CC1)c1cc(F)ncn1. The Kier molecular flexibility index (Phi) is 2.61. The Morgan fingerprint density at radius 1 is 1.50 bits per heavy atom. The Morgan fingerprint density at radius 2 is 2.29 bits per heavy atom. The van der Waals surface area contributed by atoms with Gasteiger partial charge in [-0.2, -0.15) is 4.39 Å². The van der Waals surface area contributed by atoms with E-state index >= 15 is 0 Å². The van der Waals surface area contributed by atoms with Gasteiger partial charge in [0.2, 0.25) is 5.95 Å². The summed E-state index contributed by atoms with van der Waals surface area (Å²) in [7, 11) is 0. The highest BCUT2D eigenvalue weighted by Gasteiger charge is 2.24. The van der Waals surface area contributed by atoms with Crippen LogP contribution >= 0.6 is 0 Å². The molecular weight excluding hydrogens is 181 g/mol. The fourth-order valence-corrected chi connectivity index (χ4v) is 1.49. The minimum Gasteiger partial charge on any atom is -0.356 e. The Bertz CT molecular complexity index is 312. The van der Waals surface area contributed by atoms with Crippen LogP contribution in [-0.4, -0.2) is 23.1 Å². The van der Waals surface area contributed by atoms with Gasteiger partial charge in [0.1, 0.15) is 12.1 Å². The van der Waals surface area contributed by atoms with Crippen molar-refractivity contribution in [1.29, 1.82) is 0 Å². The molecule has 0 aliphatic heterocycles. The molecule has 1 aromatic heterocycles. The van der Waals surface area contributed by atoms with E-state index in [1.807, 2.05) is 0 Å². The van der Waals surface area contributed by atoms with Gasteiger partial charge >= 0.3 is 0 Å². The topological polar surface area (TPSA) is 29.0 Å². The predicted molar refractivity (Wildman–Crippen MR) is 52.6 cm³/mol. The summed E-state index contributed by atoms with van der Waals surface area (Å²) < 4.78 is 12.8. The van der Waals surface area contributed by atoms with Gasteiger partial charge in [0.15, 0.2) is 0 Å². The van der Waals surface area contributed by atoms with Crippen molar-refractivity contribution in [3.8, 4) is 0 Å². The smallest absolute Gasteiger partial charge is 0.218 e. The summed E-state index contributed by atoms with van der Waals surface area (Å²) in [6.45, 7) is 3.92. The molecule has 0 amide bonds. The first kappa shape index (κ1) is 9.37. The van der Waals surface area contributed by atoms with Gasteiger partial charge in [-0.3, -0.25) is 0 Å². The third-order valence-corrected chi connectivity index (χ3v) is 2.50. The van der Waals surface area contributed by atoms with E-state index in [0.717, 1.165) is 19.0 Å². The first-order valence-electron chi connectivity index (χ1n) is 5.02. The second-order valence-corrected chi connectivity index (χ2v) is 3.68. The van der Waals surface area contributed by atoms with Crippen molar-refractivity contribution in [3.63, 3.8) is 0 Å². The number of aromatic nitrogens is 2. The molecule has 0 spiro atoms. The van der Waals surface area contributed by atoms with Gasteiger partial charge in [0, 0.05) is 19.2 Å². The second-order valence-electron chi connectivity index (χ2n) is 3.68. The molecule has 0 aromatic carbocycles. The summed E-state index contributed by atoms with van der Waals surface area (Å²) in [5.74, 6) is 1.03. The standard InChI is InChI=1S/C10H14FN3/c1-2-14(6-8-3-4-8)10-5-9(11)12-7-13-10/h5,7-8H,2-4,6H2,1H3. The summed E-state index contributed by atoms with van der Waals surface area (Å²) in [4.78, 5) is 9.61. The highest BCUT2D eigenvalue weighted by Crippen LogP contribution is 2.30. The Hall–Kier alpha value is -1.19. The summed E-state index contributed by atoms with van der Waals surface area (Å²) in [6, 6.07) is 1.39. The number of hydrogen-bond donors (Lipinski definition) is 0. The van der Waals surface area contributed by atoms with E-state index in [1.54, 1.807) is 0 Å². The van der Waals surface area contributed by atoms with Crippen LogP contribution in [0.5, 0.6) is 0 Å². The summed E-state index contributed by atoms with van der Waals surface area (Å²) >= 11 is 0. The number of nitrogens with zero attached hydrogens (tertiary/aromatic N) is 3. The Morgan fingerprint density at radius 3 is 2.86 bits per heavy atom. The van der Waals surface area contributed by atoms with E-state index in [9.17, 15) is 4.39 Å². The molecule has 1 aromatic rings. The molecule has 76 valence electrons. The van der Waals surface area contributed by atoms with Gasteiger partial charge in [-0.15, -0.1) is 0 Å². The molecule has 2 rings (SSSR count). The zero-order chi connectivity index (χ0) is 9.97. The fourth-order valence-electron chi connectivity index (χ4n) is 1.49. The van der Waals surface area contributed by atoms with E-state index < -0.39 is 5.95 Å². The van der Waals surface area contributed by atoms with E-state index in [4.69, 9.17) is 0 Å². The number of hydrogen-bond acceptors (Lipinski definition) is 3. The average molecular weight is 195 g/mol. The molecular formula is C10H14FN3. The first-order chi connectivity index (χ1) is 6.79. The second kappa shape index (κ2) is 3.90. The van der Waals surface area contributed by atoms with Crippen molar-refractivity contribution in [2.75, 3.05) is 18.0 Å². The fraction of sp³-hybridized carbons (Fsp3) is 0.600. The van der Waals surface area contributed by atoms with Crippen LogP contribution in [0.4, 0.5) is 10.2 Å². The van der Waals surface area contributed by atoms with Crippen LogP contribution in [0.3, 0.4) is 0 Å². The van der Waals surface area contributed by atoms with E-state index in [0.29, 0.717) is 5.82 Å². The number of anilines is 1. The molecule has 1 aliphatic rings. The van der Waals surface area contributed by atoms with Crippen LogP contribution in [0.15, 0.2) is 12.4 Å². The van der Waals surface area contributed by atoms with Crippen LogP contribution in [-0.2, 0) is 0 Å². The third kappa shape index (κ3) is 2.19. The first-order valence-corrected chi connectivity index (χ1v) is 5.02. The maximum Gasteiger partial charge on any atom is 0.218 e. The third-order valence-electron chi connectivity index (χ3n) is 2.50. The molecule has 0 N–H and O–H groups in total. The highest BCUT2D eigenvalue weighted by atomic mass is 19.1. The van der Waals surface area contributed by atoms with Crippen LogP contribution in [0.2, 0.25) is 0 Å². The van der Waals surface area contributed by atoms with Crippen molar-refractivity contribution >= 4 is 5.82 Å². The Labute approximate surface area is 83.0 Å². The number of halogens is 1. The lowest BCUT2D eigenvalue weighted by atomic mass is 10.3. The van der Waals surface area contributed by atoms with Crippen LogP contribution < -0.4 is 4.90 Å². The van der Waals surface area contributed by atoms with Crippen LogP contribution in [0.1, 0.15) is 19.8 Å². The summed E-state index contributed by atoms with van der Waals surface area (Å²) in [5.41, 5.74) is 0. The van der Waals surface area contributed by atoms with Crippen molar-refractivity contribution < 1.29 is 4.39 Å². The van der Waals surface area contributed by atoms with Gasteiger partial charge in [0.05, 0.1) is 0 Å².